The molecule has 3 rings (SSSR count). The summed E-state index contributed by atoms with van der Waals surface area (Å²) >= 11 is 0. The molecule has 2 aromatic carbocycles. The number of amidine groups is 1. The molecular formula is C23H26N6O4. The molecule has 1 aromatic heterocycles. The van der Waals surface area contributed by atoms with Gasteiger partial charge in [-0.15, -0.1) is 0 Å². The number of carbonyl (C=O) groups excluding carboxylic acids is 1. The minimum absolute atomic E-state index is 0.00998. The smallest absolute Gasteiger partial charge is 0.335 e. The van der Waals surface area contributed by atoms with Crippen LogP contribution in [0, 0.1) is 5.41 Å². The number of nitrogens with one attached hydrogen (secondary N) is 3. The SMILES string of the molecule is CC(C)Nc1nc(-c2cc(N)cc(C(=O)O)c2)c(CC(=O)NCc2ccc(C(=N)N)cc2)o1. The van der Waals surface area contributed by atoms with Crippen LogP contribution in [0.3, 0.4) is 0 Å². The van der Waals surface area contributed by atoms with E-state index in [0.717, 1.165) is 5.56 Å². The molecule has 0 aliphatic heterocycles. The Hall–Kier alpha value is -4.34. The molecule has 0 saturated carbocycles. The van der Waals surface area contributed by atoms with Gasteiger partial charge < -0.3 is 31.6 Å². The highest BCUT2D eigenvalue weighted by Gasteiger charge is 2.20. The Morgan fingerprint density at radius 1 is 1.15 bits per heavy atom. The number of rotatable bonds is 9. The maximum Gasteiger partial charge on any atom is 0.335 e. The van der Waals surface area contributed by atoms with Crippen molar-refractivity contribution < 1.29 is 19.1 Å². The van der Waals surface area contributed by atoms with Crippen molar-refractivity contribution in [2.75, 3.05) is 11.1 Å². The normalized spacial score (nSPS) is 10.8. The van der Waals surface area contributed by atoms with E-state index in [2.05, 4.69) is 15.6 Å². The number of nitrogen functional groups attached to an aromatic ring is 2. The molecule has 0 atom stereocenters. The van der Waals surface area contributed by atoms with E-state index in [4.69, 9.17) is 21.3 Å². The topological polar surface area (TPSA) is 180 Å². The molecule has 172 valence electrons. The van der Waals surface area contributed by atoms with Crippen LogP contribution in [-0.4, -0.2) is 33.8 Å². The monoisotopic (exact) mass is 450 g/mol. The van der Waals surface area contributed by atoms with E-state index in [1.54, 1.807) is 30.3 Å². The van der Waals surface area contributed by atoms with Crippen molar-refractivity contribution in [3.8, 4) is 11.3 Å². The molecule has 8 N–H and O–H groups in total. The standard InChI is InChI=1S/C23H26N6O4/c1-12(2)28-23-29-20(15-7-16(22(31)32)9-17(24)8-15)18(33-23)10-19(30)27-11-13-3-5-14(6-4-13)21(25)26/h3-9,12H,10-11,24H2,1-2H3,(H3,25,26)(H,27,30)(H,28,29)(H,31,32). The van der Waals surface area contributed by atoms with Crippen molar-refractivity contribution >= 4 is 29.4 Å². The van der Waals surface area contributed by atoms with Crippen LogP contribution in [0.25, 0.3) is 11.3 Å². The molecule has 1 amide bonds. The van der Waals surface area contributed by atoms with Gasteiger partial charge in [0.1, 0.15) is 17.3 Å². The van der Waals surface area contributed by atoms with Crippen LogP contribution in [0.5, 0.6) is 0 Å². The minimum Gasteiger partial charge on any atom is -0.478 e. The summed E-state index contributed by atoms with van der Waals surface area (Å²) in [7, 11) is 0. The second kappa shape index (κ2) is 9.86. The first-order valence-corrected chi connectivity index (χ1v) is 10.2. The van der Waals surface area contributed by atoms with E-state index in [9.17, 15) is 14.7 Å². The van der Waals surface area contributed by atoms with E-state index >= 15 is 0 Å². The van der Waals surface area contributed by atoms with Crippen LogP contribution in [0.15, 0.2) is 46.9 Å². The maximum absolute atomic E-state index is 12.6. The first kappa shape index (κ1) is 23.3. The zero-order valence-corrected chi connectivity index (χ0v) is 18.3. The van der Waals surface area contributed by atoms with Crippen molar-refractivity contribution in [1.29, 1.82) is 5.41 Å². The van der Waals surface area contributed by atoms with E-state index in [-0.39, 0.29) is 53.8 Å². The maximum atomic E-state index is 12.6. The van der Waals surface area contributed by atoms with Gasteiger partial charge in [-0.05, 0) is 37.6 Å². The fourth-order valence-electron chi connectivity index (χ4n) is 3.13. The molecule has 0 aliphatic carbocycles. The molecular weight excluding hydrogens is 424 g/mol. The first-order valence-electron chi connectivity index (χ1n) is 10.2. The van der Waals surface area contributed by atoms with Crippen LogP contribution in [0.2, 0.25) is 0 Å². The number of carbonyl (C=O) groups is 2. The number of hydrogen-bond acceptors (Lipinski definition) is 7. The van der Waals surface area contributed by atoms with Gasteiger partial charge in [-0.1, -0.05) is 24.3 Å². The number of anilines is 2. The van der Waals surface area contributed by atoms with E-state index in [1.807, 2.05) is 13.8 Å². The van der Waals surface area contributed by atoms with Gasteiger partial charge in [0.15, 0.2) is 0 Å². The lowest BCUT2D eigenvalue weighted by Gasteiger charge is -2.07. The number of oxazole rings is 1. The lowest BCUT2D eigenvalue weighted by Crippen LogP contribution is -2.24. The molecule has 0 spiro atoms. The summed E-state index contributed by atoms with van der Waals surface area (Å²) in [6.07, 6.45) is -0.106. The zero-order chi connectivity index (χ0) is 24.1. The van der Waals surface area contributed by atoms with Crippen molar-refractivity contribution in [1.82, 2.24) is 10.3 Å². The van der Waals surface area contributed by atoms with E-state index < -0.39 is 5.97 Å². The molecule has 0 saturated heterocycles. The number of nitrogens with zero attached hydrogens (tertiary/aromatic N) is 1. The number of aromatic carboxylic acids is 1. The number of carboxylic acid groups (broad SMARTS) is 1. The second-order valence-electron chi connectivity index (χ2n) is 7.80. The molecule has 0 radical (unpaired) electrons. The average Bonchev–Trinajstić information content (AvgIpc) is 3.13. The number of benzene rings is 2. The predicted molar refractivity (Wildman–Crippen MR) is 125 cm³/mol. The number of aromatic nitrogens is 1. The van der Waals surface area contributed by atoms with Gasteiger partial charge >= 0.3 is 5.97 Å². The highest BCUT2D eigenvalue weighted by atomic mass is 16.4. The molecule has 0 bridgehead atoms. The summed E-state index contributed by atoms with van der Waals surface area (Å²) in [5.74, 6) is -1.17. The highest BCUT2D eigenvalue weighted by Crippen LogP contribution is 2.29. The fourth-order valence-corrected chi connectivity index (χ4v) is 3.13. The van der Waals surface area contributed by atoms with Crippen molar-refractivity contribution in [3.63, 3.8) is 0 Å². The van der Waals surface area contributed by atoms with Gasteiger partial charge in [-0.25, -0.2) is 4.79 Å². The third-order valence-electron chi connectivity index (χ3n) is 4.66. The van der Waals surface area contributed by atoms with E-state index in [1.165, 1.54) is 12.1 Å². The predicted octanol–water partition coefficient (Wildman–Crippen LogP) is 2.59. The quantitative estimate of drug-likeness (QED) is 0.163. The third kappa shape index (κ3) is 6.10. The Bertz CT molecular complexity index is 1180. The number of carboxylic acids is 1. The summed E-state index contributed by atoms with van der Waals surface area (Å²) in [4.78, 5) is 28.5. The molecule has 0 aliphatic rings. The Labute approximate surface area is 190 Å². The lowest BCUT2D eigenvalue weighted by molar-refractivity contribution is -0.120. The number of nitrogens with two attached hydrogens (primary N) is 2. The van der Waals surface area contributed by atoms with Crippen LogP contribution in [0.1, 0.15) is 41.1 Å². The van der Waals surface area contributed by atoms with Gasteiger partial charge in [0.25, 0.3) is 6.01 Å². The molecule has 0 fully saturated rings. The van der Waals surface area contributed by atoms with E-state index in [0.29, 0.717) is 16.8 Å². The van der Waals surface area contributed by atoms with Crippen molar-refractivity contribution in [2.24, 2.45) is 5.73 Å². The first-order chi connectivity index (χ1) is 15.6. The van der Waals surface area contributed by atoms with Crippen molar-refractivity contribution in [3.05, 3.63) is 64.9 Å². The van der Waals surface area contributed by atoms with Crippen molar-refractivity contribution in [2.45, 2.75) is 32.9 Å². The van der Waals surface area contributed by atoms with Gasteiger partial charge in [0.2, 0.25) is 5.91 Å². The largest absolute Gasteiger partial charge is 0.478 e. The number of hydrogen-bond donors (Lipinski definition) is 6. The minimum atomic E-state index is -1.12. The Morgan fingerprint density at radius 3 is 2.45 bits per heavy atom. The molecule has 0 unspecified atom stereocenters. The molecule has 33 heavy (non-hydrogen) atoms. The average molecular weight is 450 g/mol. The molecule has 10 nitrogen and oxygen atoms in total. The lowest BCUT2D eigenvalue weighted by atomic mass is 10.0. The Kier molecular flexibility index (Phi) is 6.97. The summed E-state index contributed by atoms with van der Waals surface area (Å²) in [5.41, 5.74) is 13.8. The number of amides is 1. The highest BCUT2D eigenvalue weighted by molar-refractivity contribution is 5.95. The third-order valence-corrected chi connectivity index (χ3v) is 4.66. The van der Waals surface area contributed by atoms with Crippen LogP contribution in [0.4, 0.5) is 11.7 Å². The van der Waals surface area contributed by atoms with Gasteiger partial charge in [-0.2, -0.15) is 4.98 Å². The summed E-state index contributed by atoms with van der Waals surface area (Å²) in [6, 6.07) is 11.6. The molecule has 1 heterocycles. The van der Waals surface area contributed by atoms with Gasteiger partial charge in [-0.3, -0.25) is 10.2 Å². The fraction of sp³-hybridized carbons (Fsp3) is 0.217. The Balaban J connectivity index is 1.81. The van der Waals surface area contributed by atoms with Crippen LogP contribution in [-0.2, 0) is 17.8 Å². The van der Waals surface area contributed by atoms with Gasteiger partial charge in [0, 0.05) is 29.4 Å². The van der Waals surface area contributed by atoms with Crippen LogP contribution >= 0.6 is 0 Å². The molecule has 3 aromatic rings. The Morgan fingerprint density at radius 2 is 1.85 bits per heavy atom. The van der Waals surface area contributed by atoms with Crippen LogP contribution < -0.4 is 22.1 Å². The molecule has 10 heteroatoms. The zero-order valence-electron chi connectivity index (χ0n) is 18.3. The van der Waals surface area contributed by atoms with Gasteiger partial charge in [0.05, 0.1) is 12.0 Å². The summed E-state index contributed by atoms with van der Waals surface area (Å²) in [6.45, 7) is 4.10. The summed E-state index contributed by atoms with van der Waals surface area (Å²) < 4.78 is 5.78. The summed E-state index contributed by atoms with van der Waals surface area (Å²) in [5, 5.41) is 22.6. The second-order valence-corrected chi connectivity index (χ2v) is 7.80.